The summed E-state index contributed by atoms with van der Waals surface area (Å²) in [7, 11) is 0. The van der Waals surface area contributed by atoms with Crippen LogP contribution in [-0.4, -0.2) is 6.61 Å². The van der Waals surface area contributed by atoms with E-state index in [1.807, 2.05) is 13.0 Å². The topological polar surface area (TPSA) is 9.23 Å². The Balaban J connectivity index is 3.03. The summed E-state index contributed by atoms with van der Waals surface area (Å²) < 4.78 is 5.63. The zero-order chi connectivity index (χ0) is 11.3. The lowest BCUT2D eigenvalue weighted by molar-refractivity contribution is 0.336. The van der Waals surface area contributed by atoms with Gasteiger partial charge in [0, 0.05) is 0 Å². The molecule has 0 radical (unpaired) electrons. The summed E-state index contributed by atoms with van der Waals surface area (Å²) in [6, 6.07) is 6.45. The van der Waals surface area contributed by atoms with Crippen LogP contribution in [0, 0.1) is 0 Å². The van der Waals surface area contributed by atoms with Gasteiger partial charge in [0.15, 0.2) is 0 Å². The van der Waals surface area contributed by atoms with Crippen molar-refractivity contribution >= 4 is 0 Å². The molecule has 1 nitrogen and oxygen atoms in total. The summed E-state index contributed by atoms with van der Waals surface area (Å²) in [5.74, 6) is 1.40. The van der Waals surface area contributed by atoms with Crippen LogP contribution in [0.25, 0.3) is 0 Å². The van der Waals surface area contributed by atoms with Crippen LogP contribution >= 0.6 is 0 Å². The molecule has 0 fully saturated rings. The van der Waals surface area contributed by atoms with Crippen molar-refractivity contribution in [3.05, 3.63) is 42.0 Å². The van der Waals surface area contributed by atoms with Gasteiger partial charge in [0.05, 0.1) is 6.61 Å². The third-order valence-electron chi connectivity index (χ3n) is 2.65. The molecule has 1 heteroatoms. The molecule has 0 bridgehead atoms. The van der Waals surface area contributed by atoms with E-state index in [1.165, 1.54) is 11.1 Å². The Labute approximate surface area is 92.8 Å². The Morgan fingerprint density at radius 2 is 2.13 bits per heavy atom. The summed E-state index contributed by atoms with van der Waals surface area (Å²) >= 11 is 0. The fourth-order valence-electron chi connectivity index (χ4n) is 1.57. The van der Waals surface area contributed by atoms with Crippen molar-refractivity contribution in [2.45, 2.75) is 33.1 Å². The van der Waals surface area contributed by atoms with Crippen molar-refractivity contribution in [1.29, 1.82) is 0 Å². The summed E-state index contributed by atoms with van der Waals surface area (Å²) in [4.78, 5) is 0. The third kappa shape index (κ3) is 2.85. The molecule has 0 heterocycles. The van der Waals surface area contributed by atoms with Gasteiger partial charge in [-0.3, -0.25) is 0 Å². The lowest BCUT2D eigenvalue weighted by atomic mass is 9.98. The number of hydrogen-bond acceptors (Lipinski definition) is 1. The molecule has 0 aliphatic carbocycles. The first-order valence-corrected chi connectivity index (χ1v) is 5.61. The minimum absolute atomic E-state index is 0.384. The molecule has 0 saturated carbocycles. The Morgan fingerprint density at radius 1 is 1.40 bits per heavy atom. The first-order valence-electron chi connectivity index (χ1n) is 5.61. The van der Waals surface area contributed by atoms with E-state index in [-0.39, 0.29) is 0 Å². The van der Waals surface area contributed by atoms with Gasteiger partial charge in [-0.25, -0.2) is 0 Å². The molecule has 0 aliphatic heterocycles. The van der Waals surface area contributed by atoms with E-state index >= 15 is 0 Å². The van der Waals surface area contributed by atoms with Gasteiger partial charge in [-0.1, -0.05) is 32.1 Å². The SMILES string of the molecule is C=CC(C)c1ccc(CC)c(OCC)c1. The van der Waals surface area contributed by atoms with E-state index in [2.05, 4.69) is 38.6 Å². The van der Waals surface area contributed by atoms with Gasteiger partial charge >= 0.3 is 0 Å². The van der Waals surface area contributed by atoms with E-state index in [0.29, 0.717) is 5.92 Å². The highest BCUT2D eigenvalue weighted by atomic mass is 16.5. The largest absolute Gasteiger partial charge is 0.494 e. The van der Waals surface area contributed by atoms with Gasteiger partial charge in [0.25, 0.3) is 0 Å². The molecule has 1 unspecified atom stereocenters. The number of aryl methyl sites for hydroxylation is 1. The second-order valence-corrected chi connectivity index (χ2v) is 3.68. The highest BCUT2D eigenvalue weighted by Gasteiger charge is 2.06. The van der Waals surface area contributed by atoms with Gasteiger partial charge in [-0.15, -0.1) is 6.58 Å². The molecule has 1 aromatic rings. The van der Waals surface area contributed by atoms with Crippen molar-refractivity contribution in [1.82, 2.24) is 0 Å². The van der Waals surface area contributed by atoms with Gasteiger partial charge in [-0.2, -0.15) is 0 Å². The lowest BCUT2D eigenvalue weighted by Gasteiger charge is -2.13. The average Bonchev–Trinajstić information content (AvgIpc) is 2.28. The Hall–Kier alpha value is -1.24. The molecule has 0 spiro atoms. The Kier molecular flexibility index (Phi) is 4.41. The van der Waals surface area contributed by atoms with Crippen LogP contribution in [0.15, 0.2) is 30.9 Å². The monoisotopic (exact) mass is 204 g/mol. The molecule has 82 valence electrons. The van der Waals surface area contributed by atoms with E-state index in [1.54, 1.807) is 0 Å². The summed E-state index contributed by atoms with van der Waals surface area (Å²) in [6.45, 7) is 10.8. The molecule has 0 saturated heterocycles. The Morgan fingerprint density at radius 3 is 2.67 bits per heavy atom. The predicted molar refractivity (Wildman–Crippen MR) is 65.6 cm³/mol. The molecule has 0 aromatic heterocycles. The maximum Gasteiger partial charge on any atom is 0.122 e. The van der Waals surface area contributed by atoms with Crippen molar-refractivity contribution < 1.29 is 4.74 Å². The Bertz CT molecular complexity index is 328. The van der Waals surface area contributed by atoms with Crippen molar-refractivity contribution in [3.8, 4) is 5.75 Å². The van der Waals surface area contributed by atoms with Crippen LogP contribution in [0.1, 0.15) is 37.8 Å². The van der Waals surface area contributed by atoms with Gasteiger partial charge in [-0.05, 0) is 36.5 Å². The minimum atomic E-state index is 0.384. The maximum absolute atomic E-state index is 5.63. The number of allylic oxidation sites excluding steroid dienone is 1. The lowest BCUT2D eigenvalue weighted by Crippen LogP contribution is -1.98. The standard InChI is InChI=1S/C14H20O/c1-5-11(4)13-9-8-12(6-2)14(10-13)15-7-3/h5,8-11H,1,6-7H2,2-4H3. The highest BCUT2D eigenvalue weighted by molar-refractivity contribution is 5.39. The zero-order valence-electron chi connectivity index (χ0n) is 9.92. The van der Waals surface area contributed by atoms with E-state index in [0.717, 1.165) is 18.8 Å². The third-order valence-corrected chi connectivity index (χ3v) is 2.65. The molecular formula is C14H20O. The second kappa shape index (κ2) is 5.59. The fourth-order valence-corrected chi connectivity index (χ4v) is 1.57. The van der Waals surface area contributed by atoms with Crippen LogP contribution in [-0.2, 0) is 6.42 Å². The second-order valence-electron chi connectivity index (χ2n) is 3.68. The van der Waals surface area contributed by atoms with Gasteiger partial charge < -0.3 is 4.74 Å². The van der Waals surface area contributed by atoms with Gasteiger partial charge in [0.1, 0.15) is 5.75 Å². The van der Waals surface area contributed by atoms with E-state index < -0.39 is 0 Å². The predicted octanol–water partition coefficient (Wildman–Crippen LogP) is 3.94. The van der Waals surface area contributed by atoms with E-state index in [4.69, 9.17) is 4.74 Å². The van der Waals surface area contributed by atoms with Gasteiger partial charge in [0.2, 0.25) is 0 Å². The van der Waals surface area contributed by atoms with Crippen LogP contribution in [0.4, 0.5) is 0 Å². The smallest absolute Gasteiger partial charge is 0.122 e. The summed E-state index contributed by atoms with van der Waals surface area (Å²) in [5, 5.41) is 0. The van der Waals surface area contributed by atoms with Crippen LogP contribution < -0.4 is 4.74 Å². The number of hydrogen-bond donors (Lipinski definition) is 0. The highest BCUT2D eigenvalue weighted by Crippen LogP contribution is 2.25. The minimum Gasteiger partial charge on any atom is -0.494 e. The average molecular weight is 204 g/mol. The number of ether oxygens (including phenoxy) is 1. The maximum atomic E-state index is 5.63. The molecule has 1 rings (SSSR count). The molecule has 1 atom stereocenters. The van der Waals surface area contributed by atoms with Crippen LogP contribution in [0.2, 0.25) is 0 Å². The fraction of sp³-hybridized carbons (Fsp3) is 0.429. The van der Waals surface area contributed by atoms with E-state index in [9.17, 15) is 0 Å². The molecule has 15 heavy (non-hydrogen) atoms. The van der Waals surface area contributed by atoms with Crippen LogP contribution in [0.3, 0.4) is 0 Å². The summed E-state index contributed by atoms with van der Waals surface area (Å²) in [6.07, 6.45) is 2.97. The zero-order valence-corrected chi connectivity index (χ0v) is 9.92. The number of rotatable bonds is 5. The molecule has 1 aromatic carbocycles. The summed E-state index contributed by atoms with van der Waals surface area (Å²) in [5.41, 5.74) is 2.54. The number of benzene rings is 1. The van der Waals surface area contributed by atoms with Crippen molar-refractivity contribution in [2.75, 3.05) is 6.61 Å². The van der Waals surface area contributed by atoms with Crippen molar-refractivity contribution in [2.24, 2.45) is 0 Å². The molecule has 0 N–H and O–H groups in total. The molecule has 0 aliphatic rings. The first-order chi connectivity index (χ1) is 7.22. The van der Waals surface area contributed by atoms with Crippen molar-refractivity contribution in [3.63, 3.8) is 0 Å². The van der Waals surface area contributed by atoms with Crippen LogP contribution in [0.5, 0.6) is 5.75 Å². The molecular weight excluding hydrogens is 184 g/mol. The first kappa shape index (κ1) is 11.8. The normalized spacial score (nSPS) is 12.2. The molecule has 0 amide bonds. The quantitative estimate of drug-likeness (QED) is 0.660.